The SMILES string of the molecule is c1ccc(-c2nc(-c3ccc4oc5ccccc5c4c3)nc(-n3c4ccccc4c4cc5c(cc43)C3(c4ccccc4-c4ccccc43)c3ccccc3-5)n2)cc1. The zero-order valence-electron chi connectivity index (χ0n) is 30.5. The van der Waals surface area contributed by atoms with Crippen LogP contribution in [0.15, 0.2) is 186 Å². The van der Waals surface area contributed by atoms with Gasteiger partial charge in [0.2, 0.25) is 5.95 Å². The number of hydrogen-bond acceptors (Lipinski definition) is 4. The lowest BCUT2D eigenvalue weighted by Gasteiger charge is -2.30. The minimum Gasteiger partial charge on any atom is -0.456 e. The third kappa shape index (κ3) is 4.04. The standard InChI is InChI=1S/C52H30N4O/c1-2-14-31(15-3-1)49-53-50(32-26-27-48-40(28-32)37-20-8-13-25-47(37)57-48)55-51(54-49)56-45-24-12-7-19-36(45)39-29-38-35-18-6-11-23-43(35)52(44(38)30-46(39)56)41-21-9-4-16-33(41)34-17-5-10-22-42(34)52/h1-30H. The minimum absolute atomic E-state index is 0.475. The van der Waals surface area contributed by atoms with Gasteiger partial charge in [-0.15, -0.1) is 0 Å². The number of fused-ring (bicyclic) bond motifs is 16. The summed E-state index contributed by atoms with van der Waals surface area (Å²) in [4.78, 5) is 15.8. The molecule has 3 aromatic heterocycles. The van der Waals surface area contributed by atoms with Gasteiger partial charge >= 0.3 is 0 Å². The molecule has 3 heterocycles. The number of furan rings is 1. The molecule has 0 bridgehead atoms. The molecule has 0 amide bonds. The second kappa shape index (κ2) is 11.2. The summed E-state index contributed by atoms with van der Waals surface area (Å²) < 4.78 is 8.45. The summed E-state index contributed by atoms with van der Waals surface area (Å²) in [5.74, 6) is 1.78. The van der Waals surface area contributed by atoms with Crippen molar-refractivity contribution < 1.29 is 4.42 Å². The van der Waals surface area contributed by atoms with Crippen LogP contribution in [0.1, 0.15) is 22.3 Å². The highest BCUT2D eigenvalue weighted by Crippen LogP contribution is 2.63. The van der Waals surface area contributed by atoms with Crippen molar-refractivity contribution in [3.8, 4) is 51.0 Å². The van der Waals surface area contributed by atoms with Crippen molar-refractivity contribution >= 4 is 43.7 Å². The van der Waals surface area contributed by atoms with E-state index in [9.17, 15) is 0 Å². The molecule has 8 aromatic carbocycles. The molecule has 0 fully saturated rings. The average Bonchev–Trinajstić information content (AvgIpc) is 3.99. The molecule has 0 radical (unpaired) electrons. The first-order valence-electron chi connectivity index (χ1n) is 19.4. The van der Waals surface area contributed by atoms with Gasteiger partial charge in [-0.1, -0.05) is 140 Å². The monoisotopic (exact) mass is 726 g/mol. The van der Waals surface area contributed by atoms with Crippen LogP contribution in [0.4, 0.5) is 0 Å². The summed E-state index contributed by atoms with van der Waals surface area (Å²) in [6, 6.07) is 64.9. The van der Waals surface area contributed by atoms with E-state index in [1.165, 1.54) is 44.5 Å². The zero-order chi connectivity index (χ0) is 37.2. The van der Waals surface area contributed by atoms with Crippen molar-refractivity contribution in [3.63, 3.8) is 0 Å². The second-order valence-corrected chi connectivity index (χ2v) is 15.1. The van der Waals surface area contributed by atoms with Gasteiger partial charge in [0.1, 0.15) is 11.2 Å². The van der Waals surface area contributed by atoms with E-state index in [1.54, 1.807) is 0 Å². The number of para-hydroxylation sites is 2. The van der Waals surface area contributed by atoms with Gasteiger partial charge in [-0.25, -0.2) is 4.98 Å². The lowest BCUT2D eigenvalue weighted by molar-refractivity contribution is 0.669. The third-order valence-electron chi connectivity index (χ3n) is 12.3. The smallest absolute Gasteiger partial charge is 0.238 e. The summed E-state index contributed by atoms with van der Waals surface area (Å²) in [5.41, 5.74) is 15.4. The number of hydrogen-bond donors (Lipinski definition) is 0. The van der Waals surface area contributed by atoms with Gasteiger partial charge in [0.15, 0.2) is 11.6 Å². The molecule has 2 aliphatic rings. The van der Waals surface area contributed by atoms with Gasteiger partial charge in [-0.05, 0) is 87.0 Å². The molecule has 0 unspecified atom stereocenters. The Morgan fingerprint density at radius 2 is 0.947 bits per heavy atom. The Morgan fingerprint density at radius 1 is 0.368 bits per heavy atom. The van der Waals surface area contributed by atoms with E-state index in [4.69, 9.17) is 19.4 Å². The fourth-order valence-electron chi connectivity index (χ4n) is 9.94. The molecule has 0 saturated heterocycles. The molecule has 57 heavy (non-hydrogen) atoms. The number of rotatable bonds is 3. The lowest BCUT2D eigenvalue weighted by Crippen LogP contribution is -2.25. The Morgan fingerprint density at radius 3 is 1.68 bits per heavy atom. The van der Waals surface area contributed by atoms with Crippen molar-refractivity contribution in [3.05, 3.63) is 204 Å². The van der Waals surface area contributed by atoms with Crippen molar-refractivity contribution in [1.82, 2.24) is 19.5 Å². The van der Waals surface area contributed by atoms with E-state index in [-0.39, 0.29) is 0 Å². The van der Waals surface area contributed by atoms with E-state index in [2.05, 4.69) is 138 Å². The molecule has 1 spiro atoms. The Bertz CT molecular complexity index is 3440. The maximum Gasteiger partial charge on any atom is 0.238 e. The number of aromatic nitrogens is 4. The molecular formula is C52H30N4O. The largest absolute Gasteiger partial charge is 0.456 e. The Balaban J connectivity index is 1.13. The topological polar surface area (TPSA) is 56.7 Å². The van der Waals surface area contributed by atoms with Crippen LogP contribution in [0.2, 0.25) is 0 Å². The summed E-state index contributed by atoms with van der Waals surface area (Å²) in [5, 5.41) is 4.40. The first-order valence-corrected chi connectivity index (χ1v) is 19.4. The predicted octanol–water partition coefficient (Wildman–Crippen LogP) is 12.5. The van der Waals surface area contributed by atoms with Gasteiger partial charge in [-0.3, -0.25) is 4.57 Å². The van der Waals surface area contributed by atoms with Gasteiger partial charge in [0, 0.05) is 32.7 Å². The number of nitrogens with zero attached hydrogens (tertiary/aromatic N) is 4. The third-order valence-corrected chi connectivity index (χ3v) is 12.3. The Kier molecular flexibility index (Phi) is 6.04. The van der Waals surface area contributed by atoms with Crippen molar-refractivity contribution in [2.24, 2.45) is 0 Å². The molecule has 0 aliphatic heterocycles. The maximum atomic E-state index is 6.20. The predicted molar refractivity (Wildman–Crippen MR) is 229 cm³/mol. The first kappa shape index (κ1) is 30.7. The fraction of sp³-hybridized carbons (Fsp3) is 0.0192. The van der Waals surface area contributed by atoms with E-state index in [0.717, 1.165) is 54.9 Å². The minimum atomic E-state index is -0.475. The quantitative estimate of drug-likeness (QED) is 0.182. The molecule has 5 heteroatoms. The summed E-state index contributed by atoms with van der Waals surface area (Å²) in [6.45, 7) is 0. The molecule has 2 aliphatic carbocycles. The van der Waals surface area contributed by atoms with Gasteiger partial charge in [-0.2, -0.15) is 9.97 Å². The van der Waals surface area contributed by atoms with Gasteiger partial charge < -0.3 is 4.42 Å². The Labute approximate surface area is 327 Å². The van der Waals surface area contributed by atoms with Crippen LogP contribution in [0.25, 0.3) is 94.7 Å². The molecular weight excluding hydrogens is 697 g/mol. The molecule has 264 valence electrons. The van der Waals surface area contributed by atoms with Crippen LogP contribution >= 0.6 is 0 Å². The van der Waals surface area contributed by atoms with Crippen LogP contribution in [0.3, 0.4) is 0 Å². The van der Waals surface area contributed by atoms with Crippen molar-refractivity contribution in [2.45, 2.75) is 5.41 Å². The Hall–Kier alpha value is -7.63. The van der Waals surface area contributed by atoms with Crippen LogP contribution in [0, 0.1) is 0 Å². The average molecular weight is 727 g/mol. The molecule has 0 atom stereocenters. The highest BCUT2D eigenvalue weighted by Gasteiger charge is 2.51. The molecule has 11 aromatic rings. The summed E-state index contributed by atoms with van der Waals surface area (Å²) in [6.07, 6.45) is 0. The normalized spacial score (nSPS) is 13.4. The highest BCUT2D eigenvalue weighted by molar-refractivity contribution is 6.12. The highest BCUT2D eigenvalue weighted by atomic mass is 16.3. The molecule has 0 saturated carbocycles. The fourth-order valence-corrected chi connectivity index (χ4v) is 9.94. The van der Waals surface area contributed by atoms with E-state index >= 15 is 0 Å². The molecule has 0 N–H and O–H groups in total. The lowest BCUT2D eigenvalue weighted by atomic mass is 9.70. The first-order chi connectivity index (χ1) is 28.3. The maximum absolute atomic E-state index is 6.20. The van der Waals surface area contributed by atoms with Crippen LogP contribution in [-0.4, -0.2) is 19.5 Å². The molecule has 5 nitrogen and oxygen atoms in total. The summed E-state index contributed by atoms with van der Waals surface area (Å²) >= 11 is 0. The van der Waals surface area contributed by atoms with E-state index in [1.807, 2.05) is 48.5 Å². The van der Waals surface area contributed by atoms with Gasteiger partial charge in [0.05, 0.1) is 16.4 Å². The van der Waals surface area contributed by atoms with E-state index in [0.29, 0.717) is 17.6 Å². The van der Waals surface area contributed by atoms with Crippen LogP contribution in [0.5, 0.6) is 0 Å². The van der Waals surface area contributed by atoms with Crippen molar-refractivity contribution in [1.29, 1.82) is 0 Å². The second-order valence-electron chi connectivity index (χ2n) is 15.1. The zero-order valence-corrected chi connectivity index (χ0v) is 30.5. The van der Waals surface area contributed by atoms with Crippen LogP contribution < -0.4 is 0 Å². The van der Waals surface area contributed by atoms with Gasteiger partial charge in [0.25, 0.3) is 0 Å². The van der Waals surface area contributed by atoms with Crippen molar-refractivity contribution in [2.75, 3.05) is 0 Å². The van der Waals surface area contributed by atoms with E-state index < -0.39 is 5.41 Å². The molecule has 13 rings (SSSR count). The van der Waals surface area contributed by atoms with Crippen LogP contribution in [-0.2, 0) is 5.41 Å². The summed E-state index contributed by atoms with van der Waals surface area (Å²) in [7, 11) is 0. The number of benzene rings is 8.